The van der Waals surface area contributed by atoms with E-state index in [1.54, 1.807) is 12.5 Å². The Morgan fingerprint density at radius 3 is 3.00 bits per heavy atom. The highest BCUT2D eigenvalue weighted by molar-refractivity contribution is 5.73. The molecule has 3 aliphatic rings. The van der Waals surface area contributed by atoms with E-state index in [-0.39, 0.29) is 12.1 Å². The first-order valence-electron chi connectivity index (χ1n) is 5.88. The molecule has 0 radical (unpaired) electrons. The summed E-state index contributed by atoms with van der Waals surface area (Å²) >= 11 is 0. The van der Waals surface area contributed by atoms with Crippen molar-refractivity contribution in [1.29, 1.82) is 0 Å². The monoisotopic (exact) mass is 246 g/mol. The van der Waals surface area contributed by atoms with Crippen molar-refractivity contribution in [1.82, 2.24) is 0 Å². The largest absolute Gasteiger partial charge is 0.465 e. The summed E-state index contributed by atoms with van der Waals surface area (Å²) in [4.78, 5) is 4.13. The number of ether oxygens (including phenoxy) is 3. The number of allylic oxidation sites excluding steroid dienone is 4. The van der Waals surface area contributed by atoms with E-state index < -0.39 is 0 Å². The summed E-state index contributed by atoms with van der Waals surface area (Å²) in [6.45, 7) is 0.396. The van der Waals surface area contributed by atoms with Gasteiger partial charge in [0.2, 0.25) is 0 Å². The normalized spacial score (nSPS) is 26.1. The Bertz CT molecular complexity index is 500. The van der Waals surface area contributed by atoms with Crippen LogP contribution in [0.25, 0.3) is 0 Å². The van der Waals surface area contributed by atoms with Gasteiger partial charge >= 0.3 is 0 Å². The van der Waals surface area contributed by atoms with Crippen LogP contribution in [0.15, 0.2) is 52.8 Å². The van der Waals surface area contributed by atoms with Crippen molar-refractivity contribution in [3.05, 3.63) is 47.8 Å². The van der Waals surface area contributed by atoms with Crippen LogP contribution in [0.2, 0.25) is 0 Å². The lowest BCUT2D eigenvalue weighted by atomic mass is 10.0. The predicted molar refractivity (Wildman–Crippen MR) is 66.2 cm³/mol. The first-order valence-corrected chi connectivity index (χ1v) is 5.88. The van der Waals surface area contributed by atoms with Crippen LogP contribution < -0.4 is 5.73 Å². The van der Waals surface area contributed by atoms with E-state index in [1.165, 1.54) is 0 Å². The van der Waals surface area contributed by atoms with Crippen molar-refractivity contribution in [2.45, 2.75) is 18.9 Å². The van der Waals surface area contributed by atoms with Gasteiger partial charge in [0.25, 0.3) is 6.02 Å². The Morgan fingerprint density at radius 1 is 1.33 bits per heavy atom. The number of nitrogens with zero attached hydrogens (tertiary/aromatic N) is 1. The van der Waals surface area contributed by atoms with Gasteiger partial charge < -0.3 is 19.9 Å². The molecule has 0 spiro atoms. The Labute approximate surface area is 105 Å². The summed E-state index contributed by atoms with van der Waals surface area (Å²) in [5.74, 6) is 1.36. The minimum atomic E-state index is -0.214. The predicted octanol–water partition coefficient (Wildman–Crippen LogP) is 1.71. The molecular formula is C13H14N2O3. The first-order chi connectivity index (χ1) is 8.83. The van der Waals surface area contributed by atoms with Crippen molar-refractivity contribution in [2.24, 2.45) is 10.7 Å². The summed E-state index contributed by atoms with van der Waals surface area (Å²) < 4.78 is 16.2. The van der Waals surface area contributed by atoms with E-state index in [1.807, 2.05) is 12.2 Å². The fraction of sp³-hybridized carbons (Fsp3) is 0.308. The third kappa shape index (κ3) is 2.11. The number of hydrogen-bond donors (Lipinski definition) is 1. The minimum absolute atomic E-state index is 0.195. The molecule has 0 fully saturated rings. The third-order valence-electron chi connectivity index (χ3n) is 2.92. The molecule has 0 saturated carbocycles. The van der Waals surface area contributed by atoms with Gasteiger partial charge in [-0.25, -0.2) is 4.99 Å². The van der Waals surface area contributed by atoms with E-state index in [0.717, 1.165) is 24.2 Å². The van der Waals surface area contributed by atoms with Gasteiger partial charge in [0.05, 0.1) is 0 Å². The highest BCUT2D eigenvalue weighted by Gasteiger charge is 2.26. The van der Waals surface area contributed by atoms with Gasteiger partial charge in [-0.15, -0.1) is 0 Å². The molecule has 0 saturated heterocycles. The zero-order valence-corrected chi connectivity index (χ0v) is 9.83. The van der Waals surface area contributed by atoms with Crippen molar-refractivity contribution in [3.8, 4) is 0 Å². The van der Waals surface area contributed by atoms with Gasteiger partial charge in [-0.3, -0.25) is 0 Å². The average molecular weight is 246 g/mol. The van der Waals surface area contributed by atoms with Crippen molar-refractivity contribution < 1.29 is 14.2 Å². The number of rotatable bonds is 2. The van der Waals surface area contributed by atoms with Crippen LogP contribution in [0, 0.1) is 0 Å². The molecule has 5 heteroatoms. The summed E-state index contributed by atoms with van der Waals surface area (Å²) in [5, 5.41) is 0. The van der Waals surface area contributed by atoms with Crippen LogP contribution >= 0.6 is 0 Å². The highest BCUT2D eigenvalue weighted by Crippen LogP contribution is 2.28. The van der Waals surface area contributed by atoms with Crippen molar-refractivity contribution >= 4 is 6.02 Å². The average Bonchev–Trinajstić information content (AvgIpc) is 2.87. The molecule has 0 amide bonds. The van der Waals surface area contributed by atoms with Gasteiger partial charge in [0.1, 0.15) is 19.1 Å². The lowest BCUT2D eigenvalue weighted by Gasteiger charge is -2.20. The molecule has 1 aliphatic carbocycles. The van der Waals surface area contributed by atoms with E-state index >= 15 is 0 Å². The Kier molecular flexibility index (Phi) is 2.80. The molecule has 1 atom stereocenters. The van der Waals surface area contributed by atoms with Crippen molar-refractivity contribution in [3.63, 3.8) is 0 Å². The topological polar surface area (TPSA) is 66.1 Å². The molecule has 0 bridgehead atoms. The molecular weight excluding hydrogens is 232 g/mol. The molecule has 0 unspecified atom stereocenters. The Hall–Kier alpha value is -2.17. The van der Waals surface area contributed by atoms with Gasteiger partial charge in [-0.2, -0.15) is 0 Å². The van der Waals surface area contributed by atoms with Crippen LogP contribution in [-0.4, -0.2) is 18.7 Å². The SMILES string of the molecule is NC1=N[C@H](C2=COC=C(C3=CC=CCC3)O2)CO1. The van der Waals surface area contributed by atoms with E-state index in [4.69, 9.17) is 19.9 Å². The third-order valence-corrected chi connectivity index (χ3v) is 2.92. The standard InChI is InChI=1S/C13H14N2O3/c14-13-15-10(6-17-13)12-8-16-7-11(18-12)9-4-2-1-3-5-9/h1-2,4,7-8,10H,3,5-6H2,(H2,14,15)/t10-/m0/s1. The lowest BCUT2D eigenvalue weighted by Crippen LogP contribution is -2.16. The first kappa shape index (κ1) is 11.0. The second-order valence-electron chi connectivity index (χ2n) is 4.19. The van der Waals surface area contributed by atoms with E-state index in [2.05, 4.69) is 11.1 Å². The second-order valence-corrected chi connectivity index (χ2v) is 4.19. The van der Waals surface area contributed by atoms with Crippen molar-refractivity contribution in [2.75, 3.05) is 6.61 Å². The molecule has 94 valence electrons. The summed E-state index contributed by atoms with van der Waals surface area (Å²) in [5.41, 5.74) is 6.60. The van der Waals surface area contributed by atoms with Crippen LogP contribution in [0.5, 0.6) is 0 Å². The Balaban J connectivity index is 1.72. The fourth-order valence-corrected chi connectivity index (χ4v) is 1.97. The smallest absolute Gasteiger partial charge is 0.282 e. The molecule has 2 heterocycles. The fourth-order valence-electron chi connectivity index (χ4n) is 1.97. The maximum Gasteiger partial charge on any atom is 0.282 e. The van der Waals surface area contributed by atoms with E-state index in [9.17, 15) is 0 Å². The van der Waals surface area contributed by atoms with Crippen LogP contribution in [-0.2, 0) is 14.2 Å². The molecule has 2 aliphatic heterocycles. The number of aliphatic imine (C=N–C) groups is 1. The molecule has 0 aromatic carbocycles. The maximum absolute atomic E-state index is 5.81. The summed E-state index contributed by atoms with van der Waals surface area (Å²) in [6, 6.07) is -0.0196. The van der Waals surface area contributed by atoms with Crippen LogP contribution in [0.1, 0.15) is 12.8 Å². The van der Waals surface area contributed by atoms with Crippen LogP contribution in [0.3, 0.4) is 0 Å². The zero-order chi connectivity index (χ0) is 12.4. The Morgan fingerprint density at radius 2 is 2.28 bits per heavy atom. The molecule has 2 N–H and O–H groups in total. The van der Waals surface area contributed by atoms with Gasteiger partial charge in [0, 0.05) is 0 Å². The highest BCUT2D eigenvalue weighted by atomic mass is 16.6. The quantitative estimate of drug-likeness (QED) is 0.805. The maximum atomic E-state index is 5.81. The van der Waals surface area contributed by atoms with E-state index in [0.29, 0.717) is 12.4 Å². The number of nitrogens with two attached hydrogens (primary N) is 1. The molecule has 0 aromatic heterocycles. The second kappa shape index (κ2) is 4.60. The lowest BCUT2D eigenvalue weighted by molar-refractivity contribution is 0.197. The summed E-state index contributed by atoms with van der Waals surface area (Å²) in [6.07, 6.45) is 11.3. The molecule has 18 heavy (non-hydrogen) atoms. The van der Waals surface area contributed by atoms with Gasteiger partial charge in [-0.05, 0) is 18.4 Å². The number of amidine groups is 1. The molecule has 3 rings (SSSR count). The number of hydrogen-bond acceptors (Lipinski definition) is 5. The summed E-state index contributed by atoms with van der Waals surface area (Å²) in [7, 11) is 0. The van der Waals surface area contributed by atoms with Gasteiger partial charge in [0.15, 0.2) is 17.6 Å². The van der Waals surface area contributed by atoms with Gasteiger partial charge in [-0.1, -0.05) is 18.2 Å². The molecule has 0 aromatic rings. The molecule has 5 nitrogen and oxygen atoms in total. The van der Waals surface area contributed by atoms with Crippen LogP contribution in [0.4, 0.5) is 0 Å². The minimum Gasteiger partial charge on any atom is -0.465 e. The zero-order valence-electron chi connectivity index (χ0n) is 9.83.